The van der Waals surface area contributed by atoms with E-state index in [9.17, 15) is 8.42 Å². The van der Waals surface area contributed by atoms with Gasteiger partial charge in [-0.3, -0.25) is 0 Å². The fourth-order valence-electron chi connectivity index (χ4n) is 3.29. The number of para-hydroxylation sites is 1. The average molecular weight is 384 g/mol. The van der Waals surface area contributed by atoms with Crippen LogP contribution in [0.25, 0.3) is 5.69 Å². The van der Waals surface area contributed by atoms with Crippen LogP contribution in [0.2, 0.25) is 0 Å². The molecular weight excluding hydrogens is 364 g/mol. The molecule has 4 rings (SSSR count). The van der Waals surface area contributed by atoms with Crippen molar-refractivity contribution in [3.63, 3.8) is 0 Å². The number of sulfonamides is 1. The lowest BCUT2D eigenvalue weighted by Crippen LogP contribution is -2.48. The number of aromatic nitrogens is 4. The number of aryl methyl sites for hydroxylation is 1. The highest BCUT2D eigenvalue weighted by atomic mass is 32.2. The summed E-state index contributed by atoms with van der Waals surface area (Å²) in [5.41, 5.74) is 2.68. The van der Waals surface area contributed by atoms with Gasteiger partial charge in [0.2, 0.25) is 10.0 Å². The Morgan fingerprint density at radius 2 is 1.70 bits per heavy atom. The highest BCUT2D eigenvalue weighted by Gasteiger charge is 2.29. The van der Waals surface area contributed by atoms with Gasteiger partial charge in [0.1, 0.15) is 6.33 Å². The van der Waals surface area contributed by atoms with E-state index in [-0.39, 0.29) is 0 Å². The predicted octanol–water partition coefficient (Wildman–Crippen LogP) is 1.48. The Kier molecular flexibility index (Phi) is 4.63. The molecule has 9 heteroatoms. The zero-order chi connectivity index (χ0) is 18.9. The quantitative estimate of drug-likeness (QED) is 0.677. The van der Waals surface area contributed by atoms with Crippen LogP contribution in [-0.4, -0.2) is 59.1 Å². The van der Waals surface area contributed by atoms with Crippen molar-refractivity contribution in [2.75, 3.05) is 31.1 Å². The molecule has 0 N–H and O–H groups in total. The van der Waals surface area contributed by atoms with Crippen LogP contribution in [-0.2, 0) is 10.0 Å². The average Bonchev–Trinajstić information content (AvgIpc) is 3.23. The van der Waals surface area contributed by atoms with E-state index in [2.05, 4.69) is 20.4 Å². The minimum Gasteiger partial charge on any atom is -0.369 e. The number of benzene rings is 2. The molecule has 1 aromatic heterocycles. The van der Waals surface area contributed by atoms with Gasteiger partial charge in [-0.05, 0) is 53.2 Å². The van der Waals surface area contributed by atoms with Gasteiger partial charge in [0.15, 0.2) is 0 Å². The molecule has 1 fully saturated rings. The van der Waals surface area contributed by atoms with Gasteiger partial charge in [0, 0.05) is 31.9 Å². The SMILES string of the molecule is Cc1cc(S(=O)(=O)N2CCN(c3ccccc3)CC2)ccc1-n1cnnn1. The van der Waals surface area contributed by atoms with Crippen LogP contribution < -0.4 is 4.90 Å². The lowest BCUT2D eigenvalue weighted by atomic mass is 10.2. The fraction of sp³-hybridized carbons (Fsp3) is 0.278. The molecule has 0 spiro atoms. The first-order valence-electron chi connectivity index (χ1n) is 8.70. The normalized spacial score (nSPS) is 15.8. The summed E-state index contributed by atoms with van der Waals surface area (Å²) in [5, 5.41) is 11.1. The standard InChI is InChI=1S/C18H20N6O2S/c1-15-13-17(7-8-18(15)24-14-19-20-21-24)27(25,26)23-11-9-22(10-12-23)16-5-3-2-4-6-16/h2-8,13-14H,9-12H2,1H3. The summed E-state index contributed by atoms with van der Waals surface area (Å²) >= 11 is 0. The molecule has 2 aromatic carbocycles. The van der Waals surface area contributed by atoms with E-state index in [1.54, 1.807) is 22.5 Å². The summed E-state index contributed by atoms with van der Waals surface area (Å²) in [6.07, 6.45) is 1.49. The molecule has 0 bridgehead atoms. The number of tetrazole rings is 1. The Labute approximate surface area is 158 Å². The fourth-order valence-corrected chi connectivity index (χ4v) is 4.80. The van der Waals surface area contributed by atoms with E-state index < -0.39 is 10.0 Å². The molecule has 0 saturated carbocycles. The molecule has 0 amide bonds. The first kappa shape index (κ1) is 17.6. The van der Waals surface area contributed by atoms with Crippen molar-refractivity contribution < 1.29 is 8.42 Å². The Balaban J connectivity index is 1.52. The van der Waals surface area contributed by atoms with Gasteiger partial charge in [-0.15, -0.1) is 5.10 Å². The van der Waals surface area contributed by atoms with Crippen LogP contribution in [0.3, 0.4) is 0 Å². The summed E-state index contributed by atoms with van der Waals surface area (Å²) in [5.74, 6) is 0. The third-order valence-corrected chi connectivity index (χ3v) is 6.66. The number of hydrogen-bond acceptors (Lipinski definition) is 6. The van der Waals surface area contributed by atoms with E-state index in [0.29, 0.717) is 31.1 Å². The van der Waals surface area contributed by atoms with Crippen molar-refractivity contribution in [2.45, 2.75) is 11.8 Å². The first-order chi connectivity index (χ1) is 13.1. The number of nitrogens with zero attached hydrogens (tertiary/aromatic N) is 6. The number of rotatable bonds is 4. The minimum absolute atomic E-state index is 0.296. The van der Waals surface area contributed by atoms with Crippen molar-refractivity contribution >= 4 is 15.7 Å². The van der Waals surface area contributed by atoms with Gasteiger partial charge < -0.3 is 4.90 Å². The highest BCUT2D eigenvalue weighted by molar-refractivity contribution is 7.89. The Morgan fingerprint density at radius 3 is 2.33 bits per heavy atom. The van der Waals surface area contributed by atoms with E-state index in [1.165, 1.54) is 11.0 Å². The molecule has 1 aliphatic heterocycles. The molecule has 3 aromatic rings. The van der Waals surface area contributed by atoms with Crippen molar-refractivity contribution in [3.05, 3.63) is 60.4 Å². The third-order valence-electron chi connectivity index (χ3n) is 4.76. The number of anilines is 1. The molecule has 2 heterocycles. The van der Waals surface area contributed by atoms with E-state index in [0.717, 1.165) is 16.9 Å². The minimum atomic E-state index is -3.53. The van der Waals surface area contributed by atoms with Crippen LogP contribution in [0.5, 0.6) is 0 Å². The topological polar surface area (TPSA) is 84.2 Å². The molecule has 8 nitrogen and oxygen atoms in total. The van der Waals surface area contributed by atoms with Crippen LogP contribution in [0.1, 0.15) is 5.56 Å². The van der Waals surface area contributed by atoms with E-state index in [4.69, 9.17) is 0 Å². The van der Waals surface area contributed by atoms with Gasteiger partial charge in [0.05, 0.1) is 10.6 Å². The maximum absolute atomic E-state index is 13.0. The summed E-state index contributed by atoms with van der Waals surface area (Å²) < 4.78 is 29.2. The summed E-state index contributed by atoms with van der Waals surface area (Å²) in [6, 6.07) is 15.1. The monoisotopic (exact) mass is 384 g/mol. The first-order valence-corrected chi connectivity index (χ1v) is 10.1. The summed E-state index contributed by atoms with van der Waals surface area (Å²) in [4.78, 5) is 2.50. The second-order valence-electron chi connectivity index (χ2n) is 6.43. The van der Waals surface area contributed by atoms with Crippen molar-refractivity contribution in [1.82, 2.24) is 24.5 Å². The van der Waals surface area contributed by atoms with Gasteiger partial charge >= 0.3 is 0 Å². The largest absolute Gasteiger partial charge is 0.369 e. The molecular formula is C18H20N6O2S. The van der Waals surface area contributed by atoms with Gasteiger partial charge in [-0.25, -0.2) is 13.1 Å². The van der Waals surface area contributed by atoms with Crippen molar-refractivity contribution in [1.29, 1.82) is 0 Å². The van der Waals surface area contributed by atoms with Crippen LogP contribution in [0.15, 0.2) is 59.8 Å². The lowest BCUT2D eigenvalue weighted by Gasteiger charge is -2.35. The smallest absolute Gasteiger partial charge is 0.243 e. The molecule has 1 saturated heterocycles. The molecule has 1 aliphatic rings. The zero-order valence-electron chi connectivity index (χ0n) is 14.9. The summed E-state index contributed by atoms with van der Waals surface area (Å²) in [6.45, 7) is 4.12. The molecule has 27 heavy (non-hydrogen) atoms. The van der Waals surface area contributed by atoms with E-state index >= 15 is 0 Å². The molecule has 0 unspecified atom stereocenters. The maximum atomic E-state index is 13.0. The van der Waals surface area contributed by atoms with Crippen LogP contribution in [0, 0.1) is 6.92 Å². The predicted molar refractivity (Wildman–Crippen MR) is 101 cm³/mol. The second-order valence-corrected chi connectivity index (χ2v) is 8.37. The summed E-state index contributed by atoms with van der Waals surface area (Å²) in [7, 11) is -3.53. The van der Waals surface area contributed by atoms with E-state index in [1.807, 2.05) is 37.3 Å². The number of piperazine rings is 1. The van der Waals surface area contributed by atoms with Gasteiger partial charge in [-0.2, -0.15) is 4.31 Å². The molecule has 140 valence electrons. The van der Waals surface area contributed by atoms with Crippen molar-refractivity contribution in [3.8, 4) is 5.69 Å². The maximum Gasteiger partial charge on any atom is 0.243 e. The van der Waals surface area contributed by atoms with Gasteiger partial charge in [-0.1, -0.05) is 18.2 Å². The van der Waals surface area contributed by atoms with Crippen LogP contribution in [0.4, 0.5) is 5.69 Å². The highest BCUT2D eigenvalue weighted by Crippen LogP contribution is 2.23. The lowest BCUT2D eigenvalue weighted by molar-refractivity contribution is 0.385. The number of hydrogen-bond donors (Lipinski definition) is 0. The molecule has 0 atom stereocenters. The van der Waals surface area contributed by atoms with Gasteiger partial charge in [0.25, 0.3) is 0 Å². The third kappa shape index (κ3) is 3.43. The Morgan fingerprint density at radius 1 is 0.963 bits per heavy atom. The van der Waals surface area contributed by atoms with Crippen molar-refractivity contribution in [2.24, 2.45) is 0 Å². The second kappa shape index (κ2) is 7.09. The Bertz CT molecular complexity index is 1010. The molecule has 0 radical (unpaired) electrons. The Hall–Kier alpha value is -2.78. The zero-order valence-corrected chi connectivity index (χ0v) is 15.7. The molecule has 0 aliphatic carbocycles. The van der Waals surface area contributed by atoms with Crippen LogP contribution >= 0.6 is 0 Å².